The van der Waals surface area contributed by atoms with Crippen LogP contribution >= 0.6 is 73.3 Å². The summed E-state index contributed by atoms with van der Waals surface area (Å²) in [5, 5.41) is 3.54. The molecule has 0 bridgehead atoms. The maximum atomic E-state index is 13.2. The summed E-state index contributed by atoms with van der Waals surface area (Å²) in [4.78, 5) is 18.7. The number of amides is 1. The molecule has 466 valence electrons. The summed E-state index contributed by atoms with van der Waals surface area (Å²) in [7, 11) is 3.97. The monoisotopic (exact) mass is 1330 g/mol. The van der Waals surface area contributed by atoms with Gasteiger partial charge in [-0.05, 0) is 252 Å². The molecular weight excluding hydrogens is 1260 g/mol. The summed E-state index contributed by atoms with van der Waals surface area (Å²) in [6.07, 6.45) is 0.418. The topological polar surface area (TPSA) is 107 Å². The molecule has 0 aliphatic carbocycles. The molecule has 0 spiro atoms. The first-order valence-electron chi connectivity index (χ1n) is 28.4. The normalized spacial score (nSPS) is 10.4. The van der Waals surface area contributed by atoms with Crippen LogP contribution in [0.1, 0.15) is 44.4 Å². The SMILES string of the molecule is CC(C)(C)OC(=O)NCc1cccc(N(C(=S)Oc2ccccc2)C(=S)Oc2ccccc2)c1.CCc1ccc(N(C(=S)Oc2ccc(C)cc2)C(=S)Oc2ccc(F)cc2)cc1.CN(C)c1ccc(N(C(=S)Oc2ccccc2)C(=S)Oc2ccccc2)cc1. The first-order valence-corrected chi connectivity index (χ1v) is 30.8. The Kier molecular flexibility index (Phi) is 26.3. The largest absolute Gasteiger partial charge is 0.444 e. The fourth-order valence-corrected chi connectivity index (χ4v) is 9.75. The van der Waals surface area contributed by atoms with E-state index in [2.05, 4.69) is 12.2 Å². The van der Waals surface area contributed by atoms with Crippen molar-refractivity contribution in [1.29, 1.82) is 0 Å². The molecule has 0 fully saturated rings. The van der Waals surface area contributed by atoms with Crippen molar-refractivity contribution in [2.24, 2.45) is 0 Å². The highest BCUT2D eigenvalue weighted by atomic mass is 32.1. The van der Waals surface area contributed by atoms with Crippen LogP contribution in [0.2, 0.25) is 0 Å². The number of thiocarbonyl (C=S) groups is 6. The standard InChI is InChI=1S/C26H26N2O4S2.C23H20FNO2S2.C22H20N2O2S2/c1-26(2,3)32-23(29)27-18-19-11-10-12-20(17-19)28(24(33)30-21-13-6-4-7-14-21)25(34)31-22-15-8-5-9-16-22;1-3-17-6-10-19(11-7-17)25(22(28)26-20-12-4-16(2)5-13-20)23(29)27-21-14-8-18(24)9-15-21;1-23(2)17-13-15-18(16-14-17)24(21(27)25-19-9-5-3-6-10-19)22(28)26-20-11-7-4-8-12-20/h4-17H,18H2,1-3H3,(H,27,29);4-15H,3H2,1-2H3;3-16H,1-2H3. The van der Waals surface area contributed by atoms with Gasteiger partial charge in [0.2, 0.25) is 0 Å². The first kappa shape index (κ1) is 69.2. The summed E-state index contributed by atoms with van der Waals surface area (Å²) in [5.41, 5.74) is 5.70. The van der Waals surface area contributed by atoms with Crippen LogP contribution in [0.5, 0.6) is 34.5 Å². The highest BCUT2D eigenvalue weighted by Gasteiger charge is 2.25. The summed E-state index contributed by atoms with van der Waals surface area (Å²) >= 11 is 33.3. The van der Waals surface area contributed by atoms with Gasteiger partial charge in [0.1, 0.15) is 45.9 Å². The maximum Gasteiger partial charge on any atom is 0.407 e. The lowest BCUT2D eigenvalue weighted by Crippen LogP contribution is -2.40. The number of hydrogen-bond donors (Lipinski definition) is 1. The van der Waals surface area contributed by atoms with E-state index in [9.17, 15) is 9.18 Å². The van der Waals surface area contributed by atoms with Gasteiger partial charge in [0.15, 0.2) is 0 Å². The van der Waals surface area contributed by atoms with Crippen LogP contribution in [0.15, 0.2) is 243 Å². The summed E-state index contributed by atoms with van der Waals surface area (Å²) in [6.45, 7) is 9.77. The number of carbonyl (C=O) groups is 1. The Morgan fingerprint density at radius 3 is 1.09 bits per heavy atom. The Morgan fingerprint density at radius 2 is 0.736 bits per heavy atom. The second kappa shape index (κ2) is 34.6. The molecule has 0 saturated heterocycles. The van der Waals surface area contributed by atoms with Crippen molar-refractivity contribution in [3.63, 3.8) is 0 Å². The third kappa shape index (κ3) is 22.6. The lowest BCUT2D eigenvalue weighted by Gasteiger charge is -2.25. The van der Waals surface area contributed by atoms with Gasteiger partial charge in [-0.2, -0.15) is 0 Å². The fraction of sp³-hybridized carbons (Fsp3) is 0.141. The highest BCUT2D eigenvalue weighted by Crippen LogP contribution is 2.27. The molecule has 9 rings (SSSR count). The maximum absolute atomic E-state index is 13.2. The van der Waals surface area contributed by atoms with Gasteiger partial charge in [-0.25, -0.2) is 23.9 Å². The molecule has 91 heavy (non-hydrogen) atoms. The Morgan fingerprint density at radius 1 is 0.407 bits per heavy atom. The molecule has 0 aliphatic rings. The molecule has 0 atom stereocenters. The van der Waals surface area contributed by atoms with Crippen LogP contribution < -0.4 is 53.3 Å². The Labute approximate surface area is 563 Å². The summed E-state index contributed by atoms with van der Waals surface area (Å²) in [6, 6.07) is 73.3. The van der Waals surface area contributed by atoms with Crippen molar-refractivity contribution in [2.45, 2.75) is 53.2 Å². The zero-order valence-corrected chi connectivity index (χ0v) is 55.8. The molecule has 0 unspecified atom stereocenters. The van der Waals surface area contributed by atoms with Crippen molar-refractivity contribution in [1.82, 2.24) is 5.32 Å². The number of carbonyl (C=O) groups excluding carboxylic acids is 1. The van der Waals surface area contributed by atoms with E-state index in [0.29, 0.717) is 45.9 Å². The van der Waals surface area contributed by atoms with Crippen molar-refractivity contribution >= 4 is 133 Å². The molecule has 9 aromatic carbocycles. The van der Waals surface area contributed by atoms with E-state index in [1.807, 2.05) is 241 Å². The van der Waals surface area contributed by atoms with E-state index < -0.39 is 11.7 Å². The number of alkyl carbamates (subject to hydrolysis) is 1. The molecule has 0 saturated carbocycles. The third-order valence-electron chi connectivity index (χ3n) is 12.4. The Bertz CT molecular complexity index is 3690. The Hall–Kier alpha value is -9.28. The number of nitrogens with one attached hydrogen (secondary N) is 1. The molecule has 9 aromatic rings. The molecule has 0 heterocycles. The van der Waals surface area contributed by atoms with E-state index in [0.717, 1.165) is 28.9 Å². The van der Waals surface area contributed by atoms with Crippen molar-refractivity contribution < 1.29 is 42.3 Å². The second-order valence-electron chi connectivity index (χ2n) is 20.7. The van der Waals surface area contributed by atoms with E-state index in [4.69, 9.17) is 106 Å². The van der Waals surface area contributed by atoms with E-state index >= 15 is 0 Å². The molecule has 1 N–H and O–H groups in total. The van der Waals surface area contributed by atoms with Crippen LogP contribution in [-0.4, -0.2) is 56.8 Å². The van der Waals surface area contributed by atoms with Gasteiger partial charge in [0.25, 0.3) is 31.0 Å². The number of halogens is 1. The first-order chi connectivity index (χ1) is 43.7. The van der Waals surface area contributed by atoms with Crippen LogP contribution in [0, 0.1) is 12.7 Å². The third-order valence-corrected chi connectivity index (χ3v) is 14.0. The number of anilines is 4. The minimum Gasteiger partial charge on any atom is -0.444 e. The smallest absolute Gasteiger partial charge is 0.407 e. The number of hydrogen-bond acceptors (Lipinski definition) is 15. The predicted molar refractivity (Wildman–Crippen MR) is 386 cm³/mol. The fourth-order valence-electron chi connectivity index (χ4n) is 7.87. The van der Waals surface area contributed by atoms with Gasteiger partial charge in [0.05, 0.1) is 17.1 Å². The molecule has 0 aliphatic heterocycles. The predicted octanol–water partition coefficient (Wildman–Crippen LogP) is 17.8. The molecule has 13 nitrogen and oxygen atoms in total. The van der Waals surface area contributed by atoms with Gasteiger partial charge in [-0.3, -0.25) is 0 Å². The van der Waals surface area contributed by atoms with Crippen molar-refractivity contribution in [3.05, 3.63) is 265 Å². The van der Waals surface area contributed by atoms with Crippen LogP contribution in [0.25, 0.3) is 0 Å². The lowest BCUT2D eigenvalue weighted by molar-refractivity contribution is 0.0523. The van der Waals surface area contributed by atoms with Crippen molar-refractivity contribution in [3.8, 4) is 34.5 Å². The van der Waals surface area contributed by atoms with E-state index in [-0.39, 0.29) is 43.4 Å². The minimum absolute atomic E-state index is 0.0815. The molecule has 20 heteroatoms. The van der Waals surface area contributed by atoms with Crippen LogP contribution in [0.4, 0.5) is 31.9 Å². The van der Waals surface area contributed by atoms with Gasteiger partial charge in [-0.15, -0.1) is 0 Å². The minimum atomic E-state index is -0.579. The average Bonchev–Trinajstić information content (AvgIpc) is 1.65. The average molecular weight is 1330 g/mol. The van der Waals surface area contributed by atoms with E-state index in [1.165, 1.54) is 39.6 Å². The number of ether oxygens (including phenoxy) is 7. The Balaban J connectivity index is 0.000000195. The summed E-state index contributed by atoms with van der Waals surface area (Å²) in [5.74, 6) is 3.05. The second-order valence-corrected chi connectivity index (χ2v) is 22.8. The quantitative estimate of drug-likeness (QED) is 0.111. The number of rotatable bonds is 13. The van der Waals surface area contributed by atoms with Gasteiger partial charge in [0, 0.05) is 26.3 Å². The van der Waals surface area contributed by atoms with Crippen molar-refractivity contribution in [2.75, 3.05) is 33.7 Å². The zero-order chi connectivity index (χ0) is 65.3. The number of aryl methyl sites for hydroxylation is 2. The van der Waals surface area contributed by atoms with E-state index in [1.54, 1.807) is 29.2 Å². The molecule has 0 aromatic heterocycles. The lowest BCUT2D eigenvalue weighted by atomic mass is 10.1. The molecule has 1 amide bonds. The molecular formula is C71H66FN5O8S6. The van der Waals surface area contributed by atoms with Gasteiger partial charge < -0.3 is 43.4 Å². The van der Waals surface area contributed by atoms with Crippen LogP contribution in [-0.2, 0) is 17.7 Å². The highest BCUT2D eigenvalue weighted by molar-refractivity contribution is 7.83. The number of nitrogens with zero attached hydrogens (tertiary/aromatic N) is 4. The zero-order valence-electron chi connectivity index (χ0n) is 50.9. The van der Waals surface area contributed by atoms with Gasteiger partial charge >= 0.3 is 6.09 Å². The van der Waals surface area contributed by atoms with Crippen LogP contribution in [0.3, 0.4) is 0 Å². The van der Waals surface area contributed by atoms with Gasteiger partial charge in [-0.1, -0.05) is 122 Å². The summed E-state index contributed by atoms with van der Waals surface area (Å²) < 4.78 is 53.5. The number of para-hydroxylation sites is 4. The molecule has 0 radical (unpaired) electrons. The number of benzene rings is 9.